The number of hydrogen-bond acceptors (Lipinski definition) is 3. The Hall–Kier alpha value is 0.970. The minimum absolute atomic E-state index is 0. The molecule has 2 N–H and O–H groups in total. The van der Waals surface area contributed by atoms with Crippen molar-refractivity contribution in [3.8, 4) is 0 Å². The van der Waals surface area contributed by atoms with E-state index < -0.39 is 15.1 Å². The first-order valence-corrected chi connectivity index (χ1v) is 7.23. The van der Waals surface area contributed by atoms with Gasteiger partial charge in [0.05, 0.1) is 0 Å². The molecule has 0 aromatic rings. The van der Waals surface area contributed by atoms with Gasteiger partial charge in [0.25, 0.3) is 0 Å². The largest absolute Gasteiger partial charge is 0.906 e. The minimum atomic E-state index is -2.11. The molecule has 0 saturated heterocycles. The van der Waals surface area contributed by atoms with Crippen LogP contribution in [-0.2, 0) is 11.4 Å². The third-order valence-corrected chi connectivity index (χ3v) is 4.05. The second-order valence-corrected chi connectivity index (χ2v) is 8.26. The molecule has 0 amide bonds. The van der Waals surface area contributed by atoms with Gasteiger partial charge in [0.15, 0.2) is 0 Å². The summed E-state index contributed by atoms with van der Waals surface area (Å²) in [5.74, 6) is 0. The molecule has 4 nitrogen and oxygen atoms in total. The van der Waals surface area contributed by atoms with Crippen molar-refractivity contribution in [1.29, 1.82) is 0 Å². The first kappa shape index (κ1) is 24.0. The Kier molecular flexibility index (Phi) is 11.1. The van der Waals surface area contributed by atoms with Crippen LogP contribution in [0.3, 0.4) is 0 Å². The van der Waals surface area contributed by atoms with E-state index in [1.54, 1.807) is 0 Å². The van der Waals surface area contributed by atoms with Gasteiger partial charge in [-0.3, -0.25) is 0 Å². The molecule has 0 aromatic heterocycles. The second-order valence-electron chi connectivity index (χ2n) is 6.98. The second kappa shape index (κ2) is 8.30. The van der Waals surface area contributed by atoms with Crippen LogP contribution >= 0.6 is 0 Å². The monoisotopic (exact) mass is 271 g/mol. The average Bonchev–Trinajstić information content (AvgIpc) is 1.70. The molecule has 0 aromatic carbocycles. The molecule has 0 bridgehead atoms. The third kappa shape index (κ3) is 17.0. The van der Waals surface area contributed by atoms with E-state index >= 15 is 0 Å². The van der Waals surface area contributed by atoms with Crippen molar-refractivity contribution in [2.75, 3.05) is 0 Å². The van der Waals surface area contributed by atoms with Gasteiger partial charge >= 0.3 is 15.1 Å². The normalized spacial score (nSPS) is 12.5. The smallest absolute Gasteiger partial charge is 0.450 e. The van der Waals surface area contributed by atoms with E-state index in [2.05, 4.69) is 0 Å². The Morgan fingerprint density at radius 1 is 0.556 bits per heavy atom. The molecule has 0 atom stereocenters. The molecule has 0 aliphatic carbocycles. The molecule has 0 unspecified atom stereocenters. The quantitative estimate of drug-likeness (QED) is 0.739. The van der Waals surface area contributed by atoms with Crippen LogP contribution in [0.5, 0.6) is 0 Å². The Bertz CT molecular complexity index is 178. The average molecular weight is 271 g/mol. The maximum atomic E-state index is 5.88. The molecule has 18 heavy (non-hydrogen) atoms. The molecule has 105 valence electrons. The van der Waals surface area contributed by atoms with Crippen LogP contribution < -0.4 is 0 Å². The summed E-state index contributed by atoms with van der Waals surface area (Å²) in [6.45, 7) is 18.2. The summed E-state index contributed by atoms with van der Waals surface area (Å²) in [7, 11) is 0. The standard InChI is InChI=1S/3C4H9O.Al.Li.H2O/c3*1-4(2,3)5;;;/h3*1-3H3;;;1H2/q3*-1;+3;;. The molecule has 0 fully saturated rings. The van der Waals surface area contributed by atoms with Gasteiger partial charge in [0, 0.05) is 35.7 Å². The van der Waals surface area contributed by atoms with E-state index in [9.17, 15) is 0 Å². The fourth-order valence-electron chi connectivity index (χ4n) is 0.938. The summed E-state index contributed by atoms with van der Waals surface area (Å²) in [6.07, 6.45) is 0. The van der Waals surface area contributed by atoms with Crippen LogP contribution in [0.25, 0.3) is 0 Å². The van der Waals surface area contributed by atoms with Gasteiger partial charge in [0.2, 0.25) is 0 Å². The van der Waals surface area contributed by atoms with Crippen molar-refractivity contribution < 1.29 is 16.8 Å². The molecule has 0 heterocycles. The van der Waals surface area contributed by atoms with Crippen LogP contribution in [-0.4, -0.2) is 56.3 Å². The predicted molar refractivity (Wildman–Crippen MR) is 77.6 cm³/mol. The van der Waals surface area contributed by atoms with Crippen LogP contribution in [0.1, 0.15) is 62.3 Å². The molecule has 6 heteroatoms. The first-order chi connectivity index (χ1) is 6.79. The van der Waals surface area contributed by atoms with E-state index in [0.717, 1.165) is 0 Å². The van der Waals surface area contributed by atoms with Gasteiger partial charge in [0.1, 0.15) is 0 Å². The zero-order valence-electron chi connectivity index (χ0n) is 13.8. The van der Waals surface area contributed by atoms with Crippen LogP contribution in [0.2, 0.25) is 0 Å². The summed E-state index contributed by atoms with van der Waals surface area (Å²) in [5.41, 5.74) is -0.686. The maximum absolute atomic E-state index is 5.88. The summed E-state index contributed by atoms with van der Waals surface area (Å²) in [6, 6.07) is 0. The van der Waals surface area contributed by atoms with Crippen molar-refractivity contribution in [2.45, 2.75) is 79.1 Å². The summed E-state index contributed by atoms with van der Waals surface area (Å²) >= 11 is -2.11. The molecule has 1 radical (unpaired) electrons. The predicted octanol–water partition coefficient (Wildman–Crippen LogP) is 2.21. The SMILES string of the molecule is CC(C)(C)[O][Al]([O]C(C)(C)C)[O]C(C)(C)C.O.[Li]. The topological polar surface area (TPSA) is 59.2 Å². The van der Waals surface area contributed by atoms with Crippen molar-refractivity contribution in [2.24, 2.45) is 0 Å². The molecule has 0 aliphatic rings. The van der Waals surface area contributed by atoms with Gasteiger partial charge in [-0.15, -0.1) is 0 Å². The van der Waals surface area contributed by atoms with Crippen molar-refractivity contribution >= 4 is 34.0 Å². The molecule has 0 saturated carbocycles. The van der Waals surface area contributed by atoms with E-state index in [-0.39, 0.29) is 41.1 Å². The zero-order chi connectivity index (χ0) is 13.2. The van der Waals surface area contributed by atoms with E-state index in [1.165, 1.54) is 0 Å². The van der Waals surface area contributed by atoms with E-state index in [4.69, 9.17) is 11.4 Å². The van der Waals surface area contributed by atoms with Crippen LogP contribution in [0.15, 0.2) is 0 Å². The maximum Gasteiger partial charge on any atom is 0.906 e. The fraction of sp³-hybridized carbons (Fsp3) is 1.00. The van der Waals surface area contributed by atoms with Crippen LogP contribution in [0.4, 0.5) is 0 Å². The van der Waals surface area contributed by atoms with Gasteiger partial charge in [-0.1, -0.05) is 0 Å². The summed E-state index contributed by atoms with van der Waals surface area (Å²) in [5, 5.41) is 0. The Morgan fingerprint density at radius 3 is 0.833 bits per heavy atom. The number of hydrogen-bond donors (Lipinski definition) is 0. The van der Waals surface area contributed by atoms with Crippen molar-refractivity contribution in [1.82, 2.24) is 0 Å². The molecule has 0 rings (SSSR count). The Labute approximate surface area is 130 Å². The Balaban J connectivity index is -0.00000112. The van der Waals surface area contributed by atoms with Gasteiger partial charge in [-0.05, 0) is 62.3 Å². The molecule has 0 spiro atoms. The van der Waals surface area contributed by atoms with Crippen molar-refractivity contribution in [3.05, 3.63) is 0 Å². The van der Waals surface area contributed by atoms with E-state index in [1.807, 2.05) is 62.3 Å². The van der Waals surface area contributed by atoms with Gasteiger partial charge in [-0.25, -0.2) is 0 Å². The first-order valence-electron chi connectivity index (χ1n) is 5.82. The Morgan fingerprint density at radius 2 is 0.722 bits per heavy atom. The fourth-order valence-corrected chi connectivity index (χ4v) is 2.81. The molecular formula is C12H29AlLiO4. The third-order valence-electron chi connectivity index (χ3n) is 1.35. The van der Waals surface area contributed by atoms with Gasteiger partial charge < -0.3 is 16.8 Å². The number of rotatable bonds is 3. The van der Waals surface area contributed by atoms with Gasteiger partial charge in [-0.2, -0.15) is 0 Å². The summed E-state index contributed by atoms with van der Waals surface area (Å²) < 4.78 is 17.7. The van der Waals surface area contributed by atoms with Crippen LogP contribution in [0, 0.1) is 0 Å². The van der Waals surface area contributed by atoms with Crippen molar-refractivity contribution in [3.63, 3.8) is 0 Å². The molecular weight excluding hydrogens is 242 g/mol. The summed E-state index contributed by atoms with van der Waals surface area (Å²) in [4.78, 5) is 0. The minimum Gasteiger partial charge on any atom is -0.450 e. The zero-order valence-corrected chi connectivity index (χ0v) is 15.0. The van der Waals surface area contributed by atoms with E-state index in [0.29, 0.717) is 0 Å². The molecule has 0 aliphatic heterocycles.